The zero-order valence-electron chi connectivity index (χ0n) is 14.8. The molecule has 130 valence electrons. The van der Waals surface area contributed by atoms with Gasteiger partial charge in [-0.05, 0) is 69.8 Å². The summed E-state index contributed by atoms with van der Waals surface area (Å²) >= 11 is 1.51. The van der Waals surface area contributed by atoms with Crippen LogP contribution in [0.4, 0.5) is 0 Å². The van der Waals surface area contributed by atoms with Gasteiger partial charge in [0.25, 0.3) is 0 Å². The Bertz CT molecular complexity index is 698. The maximum Gasteiger partial charge on any atom is 0.169 e. The van der Waals surface area contributed by atoms with Crippen LogP contribution in [0, 0.1) is 5.92 Å². The van der Waals surface area contributed by atoms with Crippen molar-refractivity contribution in [1.82, 2.24) is 19.7 Å². The van der Waals surface area contributed by atoms with Gasteiger partial charge in [0.2, 0.25) is 0 Å². The number of nitrogens with zero attached hydrogens (tertiary/aromatic N) is 4. The second kappa shape index (κ2) is 7.57. The van der Waals surface area contributed by atoms with Crippen LogP contribution in [0.1, 0.15) is 53.6 Å². The summed E-state index contributed by atoms with van der Waals surface area (Å²) in [6.45, 7) is 6.90. The molecule has 6 heteroatoms. The van der Waals surface area contributed by atoms with E-state index in [-0.39, 0.29) is 5.78 Å². The van der Waals surface area contributed by atoms with Crippen LogP contribution in [-0.4, -0.2) is 45.6 Å². The van der Waals surface area contributed by atoms with Crippen molar-refractivity contribution in [2.75, 3.05) is 20.1 Å². The van der Waals surface area contributed by atoms with Crippen molar-refractivity contribution < 1.29 is 4.79 Å². The molecule has 24 heavy (non-hydrogen) atoms. The maximum absolute atomic E-state index is 11.5. The van der Waals surface area contributed by atoms with Gasteiger partial charge >= 0.3 is 0 Å². The van der Waals surface area contributed by atoms with Crippen LogP contribution in [0.5, 0.6) is 0 Å². The number of rotatable bonds is 6. The second-order valence-electron chi connectivity index (χ2n) is 6.76. The fourth-order valence-electron chi connectivity index (χ4n) is 3.26. The monoisotopic (exact) mass is 346 g/mol. The smallest absolute Gasteiger partial charge is 0.169 e. The molecule has 1 aliphatic rings. The molecular formula is C18H26N4OS. The third-order valence-corrected chi connectivity index (χ3v) is 5.84. The first kappa shape index (κ1) is 17.3. The van der Waals surface area contributed by atoms with E-state index in [4.69, 9.17) is 10.1 Å². The van der Waals surface area contributed by atoms with Crippen molar-refractivity contribution in [1.29, 1.82) is 0 Å². The minimum absolute atomic E-state index is 0.131. The highest BCUT2D eigenvalue weighted by Crippen LogP contribution is 2.21. The number of ketones is 1. The molecule has 0 amide bonds. The molecule has 5 nitrogen and oxygen atoms in total. The number of likely N-dealkylation sites (tertiary alicyclic amines) is 1. The summed E-state index contributed by atoms with van der Waals surface area (Å²) in [7, 11) is 2.19. The molecule has 2 aromatic rings. The first-order valence-electron chi connectivity index (χ1n) is 8.74. The predicted molar refractivity (Wildman–Crippen MR) is 96.8 cm³/mol. The van der Waals surface area contributed by atoms with Crippen molar-refractivity contribution in [3.63, 3.8) is 0 Å². The Hall–Kier alpha value is -1.53. The van der Waals surface area contributed by atoms with Crippen molar-refractivity contribution in [2.45, 2.75) is 46.1 Å². The zero-order chi connectivity index (χ0) is 17.1. The summed E-state index contributed by atoms with van der Waals surface area (Å²) in [5, 5.41) is 6.77. The Kier molecular flexibility index (Phi) is 5.46. The number of carbonyl (C=O) groups excluding carboxylic acids is 1. The van der Waals surface area contributed by atoms with Crippen LogP contribution in [0.2, 0.25) is 0 Å². The fraction of sp³-hybridized carbons (Fsp3) is 0.611. The van der Waals surface area contributed by atoms with E-state index in [2.05, 4.69) is 24.3 Å². The average Bonchev–Trinajstić information content (AvgIpc) is 3.17. The molecule has 0 N–H and O–H groups in total. The third-order valence-electron chi connectivity index (χ3n) is 4.76. The van der Waals surface area contributed by atoms with Crippen molar-refractivity contribution in [3.8, 4) is 0 Å². The second-order valence-corrected chi connectivity index (χ2v) is 7.67. The van der Waals surface area contributed by atoms with E-state index in [0.29, 0.717) is 5.92 Å². The molecule has 0 saturated carbocycles. The van der Waals surface area contributed by atoms with Gasteiger partial charge in [-0.3, -0.25) is 4.79 Å². The number of aromatic nitrogens is 3. The van der Waals surface area contributed by atoms with E-state index in [0.717, 1.165) is 41.5 Å². The molecule has 0 aromatic carbocycles. The summed E-state index contributed by atoms with van der Waals surface area (Å²) in [6.07, 6.45) is 4.20. The number of hydrogen-bond acceptors (Lipinski definition) is 5. The molecule has 0 radical (unpaired) electrons. The van der Waals surface area contributed by atoms with Crippen molar-refractivity contribution in [3.05, 3.63) is 33.5 Å². The van der Waals surface area contributed by atoms with Gasteiger partial charge in [0.05, 0.1) is 4.88 Å². The molecule has 0 aliphatic carbocycles. The predicted octanol–water partition coefficient (Wildman–Crippen LogP) is 3.04. The van der Waals surface area contributed by atoms with E-state index in [1.807, 2.05) is 10.7 Å². The molecule has 2 aromatic heterocycles. The Morgan fingerprint density at radius 3 is 2.75 bits per heavy atom. The summed E-state index contributed by atoms with van der Waals surface area (Å²) in [5.74, 6) is 2.81. The number of piperidine rings is 1. The number of Topliss-reactive ketones (excluding diaryl/α,β-unsaturated/α-hetero) is 1. The lowest BCUT2D eigenvalue weighted by Gasteiger charge is -2.28. The average molecular weight is 347 g/mol. The van der Waals surface area contributed by atoms with Crippen LogP contribution >= 0.6 is 11.3 Å². The highest BCUT2D eigenvalue weighted by Gasteiger charge is 2.20. The van der Waals surface area contributed by atoms with E-state index in [1.165, 1.54) is 37.3 Å². The molecule has 1 aliphatic heterocycles. The van der Waals surface area contributed by atoms with Gasteiger partial charge in [0.15, 0.2) is 11.6 Å². The Morgan fingerprint density at radius 1 is 1.38 bits per heavy atom. The molecule has 3 rings (SSSR count). The van der Waals surface area contributed by atoms with Gasteiger partial charge in [-0.25, -0.2) is 9.67 Å². The molecule has 1 fully saturated rings. The van der Waals surface area contributed by atoms with Crippen molar-refractivity contribution >= 4 is 17.1 Å². The number of hydrogen-bond donors (Lipinski definition) is 0. The fourth-order valence-corrected chi connectivity index (χ4v) is 4.07. The van der Waals surface area contributed by atoms with Gasteiger partial charge < -0.3 is 4.90 Å². The lowest BCUT2D eigenvalue weighted by Crippen LogP contribution is -2.31. The largest absolute Gasteiger partial charge is 0.306 e. The SMILES string of the molecule is CCn1nc(CC2CCN(C)CC2)nc1Cc1csc(C(C)=O)c1. The lowest BCUT2D eigenvalue weighted by atomic mass is 9.94. The van der Waals surface area contributed by atoms with Crippen LogP contribution in [-0.2, 0) is 19.4 Å². The van der Waals surface area contributed by atoms with Gasteiger partial charge in [0, 0.05) is 19.4 Å². The van der Waals surface area contributed by atoms with Crippen LogP contribution in [0.25, 0.3) is 0 Å². The summed E-state index contributed by atoms with van der Waals surface area (Å²) in [5.41, 5.74) is 1.15. The van der Waals surface area contributed by atoms with E-state index in [1.54, 1.807) is 6.92 Å². The minimum Gasteiger partial charge on any atom is -0.306 e. The molecule has 3 heterocycles. The summed E-state index contributed by atoms with van der Waals surface area (Å²) < 4.78 is 2.01. The summed E-state index contributed by atoms with van der Waals surface area (Å²) in [6, 6.07) is 1.98. The Balaban J connectivity index is 1.69. The van der Waals surface area contributed by atoms with Crippen LogP contribution in [0.3, 0.4) is 0 Å². The minimum atomic E-state index is 0.131. The first-order chi connectivity index (χ1) is 11.5. The topological polar surface area (TPSA) is 51.0 Å². The maximum atomic E-state index is 11.5. The Labute approximate surface area is 147 Å². The van der Waals surface area contributed by atoms with Crippen LogP contribution < -0.4 is 0 Å². The quantitative estimate of drug-likeness (QED) is 0.755. The number of aryl methyl sites for hydroxylation is 1. The first-order valence-corrected chi connectivity index (χ1v) is 9.62. The van der Waals surface area contributed by atoms with Gasteiger partial charge in [-0.1, -0.05) is 0 Å². The van der Waals surface area contributed by atoms with Gasteiger partial charge in [-0.15, -0.1) is 11.3 Å². The lowest BCUT2D eigenvalue weighted by molar-refractivity contribution is 0.102. The highest BCUT2D eigenvalue weighted by atomic mass is 32.1. The third kappa shape index (κ3) is 4.11. The Morgan fingerprint density at radius 2 is 2.12 bits per heavy atom. The molecule has 0 spiro atoms. The summed E-state index contributed by atoms with van der Waals surface area (Å²) in [4.78, 5) is 19.5. The molecule has 0 unspecified atom stereocenters. The highest BCUT2D eigenvalue weighted by molar-refractivity contribution is 7.12. The van der Waals surface area contributed by atoms with Gasteiger partial charge in [0.1, 0.15) is 5.82 Å². The molecule has 0 atom stereocenters. The normalized spacial score (nSPS) is 16.6. The standard InChI is InChI=1S/C18H26N4OS/c1-4-22-18(11-15-9-16(13(2)23)24-12-15)19-17(20-22)10-14-5-7-21(3)8-6-14/h9,12,14H,4-8,10-11H2,1-3H3. The van der Waals surface area contributed by atoms with Crippen molar-refractivity contribution in [2.24, 2.45) is 5.92 Å². The van der Waals surface area contributed by atoms with E-state index < -0.39 is 0 Å². The number of thiophene rings is 1. The molecule has 1 saturated heterocycles. The molecular weight excluding hydrogens is 320 g/mol. The van der Waals surface area contributed by atoms with E-state index in [9.17, 15) is 4.79 Å². The number of carbonyl (C=O) groups is 1. The van der Waals surface area contributed by atoms with Gasteiger partial charge in [-0.2, -0.15) is 5.10 Å². The van der Waals surface area contributed by atoms with E-state index >= 15 is 0 Å². The van der Waals surface area contributed by atoms with Crippen LogP contribution in [0.15, 0.2) is 11.4 Å². The zero-order valence-corrected chi connectivity index (χ0v) is 15.6. The molecule has 0 bridgehead atoms.